The molecule has 5 nitrogen and oxygen atoms in total. The van der Waals surface area contributed by atoms with E-state index in [1.807, 2.05) is 5.01 Å². The van der Waals surface area contributed by atoms with Crippen LogP contribution in [0.1, 0.15) is 6.92 Å². The van der Waals surface area contributed by atoms with Crippen molar-refractivity contribution in [3.8, 4) is 0 Å². The minimum Gasteiger partial charge on any atom is -0.478 e. The highest BCUT2D eigenvalue weighted by Gasteiger charge is 2.09. The quantitative estimate of drug-likeness (QED) is 0.598. The Labute approximate surface area is 76.9 Å². The Balaban J connectivity index is 2.33. The molecule has 0 unspecified atom stereocenters. The molecule has 1 aliphatic rings. The smallest absolute Gasteiger partial charge is 0.330 e. The average molecular weight is 186 g/mol. The van der Waals surface area contributed by atoms with Crippen molar-refractivity contribution in [1.82, 2.24) is 10.4 Å². The first-order chi connectivity index (χ1) is 6.18. The fourth-order valence-corrected chi connectivity index (χ4v) is 1.14. The van der Waals surface area contributed by atoms with Crippen LogP contribution < -0.4 is 5.43 Å². The number of carboxylic acids is 1. The van der Waals surface area contributed by atoms with Gasteiger partial charge in [0.2, 0.25) is 0 Å². The lowest BCUT2D eigenvalue weighted by Gasteiger charge is -2.28. The summed E-state index contributed by atoms with van der Waals surface area (Å²) in [5.74, 6) is -0.932. The maximum Gasteiger partial charge on any atom is 0.330 e. The van der Waals surface area contributed by atoms with Gasteiger partial charge in [0.05, 0.1) is 13.2 Å². The zero-order chi connectivity index (χ0) is 9.68. The van der Waals surface area contributed by atoms with Gasteiger partial charge in [-0.05, 0) is 6.92 Å². The minimum atomic E-state index is -0.932. The molecule has 0 bridgehead atoms. The molecule has 0 atom stereocenters. The molecule has 1 fully saturated rings. The summed E-state index contributed by atoms with van der Waals surface area (Å²) in [4.78, 5) is 10.3. The van der Waals surface area contributed by atoms with Crippen molar-refractivity contribution in [2.45, 2.75) is 6.92 Å². The van der Waals surface area contributed by atoms with Crippen LogP contribution in [0.15, 0.2) is 11.8 Å². The lowest BCUT2D eigenvalue weighted by molar-refractivity contribution is -0.131. The molecule has 13 heavy (non-hydrogen) atoms. The highest BCUT2D eigenvalue weighted by molar-refractivity contribution is 5.80. The van der Waals surface area contributed by atoms with Crippen LogP contribution in [0.25, 0.3) is 0 Å². The van der Waals surface area contributed by atoms with Gasteiger partial charge in [-0.2, -0.15) is 0 Å². The molecule has 0 radical (unpaired) electrons. The molecular formula is C8H14N2O3. The number of nitrogens with zero attached hydrogens (tertiary/aromatic N) is 1. The standard InChI is InChI=1S/C8H14N2O3/c1-7(6-8(11)12)9-10-2-4-13-5-3-10/h6,9H,2-5H2,1H3,(H,11,12)/b7-6-. The second-order valence-electron chi connectivity index (χ2n) is 2.88. The second kappa shape index (κ2) is 4.84. The fraction of sp³-hybridized carbons (Fsp3) is 0.625. The number of hydrogen-bond acceptors (Lipinski definition) is 4. The molecule has 2 N–H and O–H groups in total. The zero-order valence-electron chi connectivity index (χ0n) is 7.62. The average Bonchev–Trinajstić information content (AvgIpc) is 2.04. The highest BCUT2D eigenvalue weighted by atomic mass is 16.5. The number of allylic oxidation sites excluding steroid dienone is 1. The number of rotatable bonds is 3. The number of morpholine rings is 1. The van der Waals surface area contributed by atoms with Crippen LogP contribution in [0.3, 0.4) is 0 Å². The molecule has 1 saturated heterocycles. The van der Waals surface area contributed by atoms with E-state index in [4.69, 9.17) is 9.84 Å². The Hall–Kier alpha value is -1.07. The molecule has 1 heterocycles. The van der Waals surface area contributed by atoms with E-state index in [1.54, 1.807) is 6.92 Å². The predicted octanol–water partition coefficient (Wildman–Crippen LogP) is -0.188. The molecule has 0 saturated carbocycles. The van der Waals surface area contributed by atoms with E-state index >= 15 is 0 Å². The van der Waals surface area contributed by atoms with Crippen molar-refractivity contribution in [1.29, 1.82) is 0 Å². The van der Waals surface area contributed by atoms with Gasteiger partial charge in [-0.1, -0.05) is 0 Å². The van der Waals surface area contributed by atoms with E-state index in [-0.39, 0.29) is 0 Å². The summed E-state index contributed by atoms with van der Waals surface area (Å²) in [6.07, 6.45) is 1.15. The van der Waals surface area contributed by atoms with Crippen LogP contribution >= 0.6 is 0 Å². The van der Waals surface area contributed by atoms with Crippen molar-refractivity contribution in [2.75, 3.05) is 26.3 Å². The minimum absolute atomic E-state index is 0.634. The molecule has 0 aromatic carbocycles. The zero-order valence-corrected chi connectivity index (χ0v) is 7.62. The Morgan fingerprint density at radius 3 is 2.69 bits per heavy atom. The summed E-state index contributed by atoms with van der Waals surface area (Å²) >= 11 is 0. The number of hydrazine groups is 1. The number of carboxylic acid groups (broad SMARTS) is 1. The van der Waals surface area contributed by atoms with Gasteiger partial charge in [0.15, 0.2) is 0 Å². The first-order valence-corrected chi connectivity index (χ1v) is 4.19. The van der Waals surface area contributed by atoms with Gasteiger partial charge in [0.1, 0.15) is 0 Å². The number of hydrogen-bond donors (Lipinski definition) is 2. The third-order valence-electron chi connectivity index (χ3n) is 1.69. The van der Waals surface area contributed by atoms with Gasteiger partial charge in [-0.3, -0.25) is 0 Å². The Morgan fingerprint density at radius 2 is 2.15 bits per heavy atom. The maximum absolute atomic E-state index is 10.3. The number of nitrogens with one attached hydrogen (secondary N) is 1. The molecule has 0 spiro atoms. The van der Waals surface area contributed by atoms with Gasteiger partial charge in [0, 0.05) is 24.9 Å². The van der Waals surface area contributed by atoms with Crippen LogP contribution in [0.4, 0.5) is 0 Å². The Bertz CT molecular complexity index is 209. The number of carbonyl (C=O) groups is 1. The van der Waals surface area contributed by atoms with Gasteiger partial charge in [-0.15, -0.1) is 0 Å². The molecule has 0 aromatic rings. The molecule has 1 rings (SSSR count). The largest absolute Gasteiger partial charge is 0.478 e. The normalized spacial score (nSPS) is 19.9. The van der Waals surface area contributed by atoms with Gasteiger partial charge in [0.25, 0.3) is 0 Å². The lowest BCUT2D eigenvalue weighted by atomic mass is 10.4. The summed E-state index contributed by atoms with van der Waals surface area (Å²) in [5.41, 5.74) is 3.62. The summed E-state index contributed by atoms with van der Waals surface area (Å²) in [6.45, 7) is 4.67. The Kier molecular flexibility index (Phi) is 3.72. The van der Waals surface area contributed by atoms with Gasteiger partial charge >= 0.3 is 5.97 Å². The lowest BCUT2D eigenvalue weighted by Crippen LogP contribution is -2.44. The summed E-state index contributed by atoms with van der Waals surface area (Å²) < 4.78 is 5.14. The SMILES string of the molecule is C/C(=C/C(=O)O)NN1CCOCC1. The molecule has 0 aliphatic carbocycles. The molecule has 74 valence electrons. The summed E-state index contributed by atoms with van der Waals surface area (Å²) in [5, 5.41) is 10.4. The molecule has 0 amide bonds. The van der Waals surface area contributed by atoms with E-state index in [1.165, 1.54) is 0 Å². The van der Waals surface area contributed by atoms with E-state index < -0.39 is 5.97 Å². The van der Waals surface area contributed by atoms with Crippen molar-refractivity contribution in [3.05, 3.63) is 11.8 Å². The van der Waals surface area contributed by atoms with Crippen LogP contribution in [0, 0.1) is 0 Å². The van der Waals surface area contributed by atoms with E-state index in [9.17, 15) is 4.79 Å². The van der Waals surface area contributed by atoms with Crippen molar-refractivity contribution in [2.24, 2.45) is 0 Å². The van der Waals surface area contributed by atoms with Gasteiger partial charge < -0.3 is 15.3 Å². The summed E-state index contributed by atoms with van der Waals surface area (Å²) in [7, 11) is 0. The summed E-state index contributed by atoms with van der Waals surface area (Å²) in [6, 6.07) is 0. The topological polar surface area (TPSA) is 61.8 Å². The van der Waals surface area contributed by atoms with E-state index in [0.29, 0.717) is 18.9 Å². The van der Waals surface area contributed by atoms with Crippen LogP contribution in [0.2, 0.25) is 0 Å². The van der Waals surface area contributed by atoms with Gasteiger partial charge in [-0.25, -0.2) is 9.80 Å². The Morgan fingerprint density at radius 1 is 1.54 bits per heavy atom. The van der Waals surface area contributed by atoms with E-state index in [0.717, 1.165) is 19.2 Å². The predicted molar refractivity (Wildman–Crippen MR) is 46.9 cm³/mol. The fourth-order valence-electron chi connectivity index (χ4n) is 1.14. The monoisotopic (exact) mass is 186 g/mol. The number of aliphatic carboxylic acids is 1. The van der Waals surface area contributed by atoms with Crippen LogP contribution in [0.5, 0.6) is 0 Å². The van der Waals surface area contributed by atoms with Crippen molar-refractivity contribution in [3.63, 3.8) is 0 Å². The van der Waals surface area contributed by atoms with Crippen LogP contribution in [-0.4, -0.2) is 42.4 Å². The molecule has 5 heteroatoms. The maximum atomic E-state index is 10.3. The van der Waals surface area contributed by atoms with E-state index in [2.05, 4.69) is 5.43 Å². The second-order valence-corrected chi connectivity index (χ2v) is 2.88. The first kappa shape index (κ1) is 10.0. The molecular weight excluding hydrogens is 172 g/mol. The third kappa shape index (κ3) is 3.91. The third-order valence-corrected chi connectivity index (χ3v) is 1.69. The van der Waals surface area contributed by atoms with Crippen LogP contribution in [-0.2, 0) is 9.53 Å². The number of ether oxygens (including phenoxy) is 1. The van der Waals surface area contributed by atoms with Crippen molar-refractivity contribution >= 4 is 5.97 Å². The first-order valence-electron chi connectivity index (χ1n) is 4.19. The molecule has 0 aromatic heterocycles. The molecule has 1 aliphatic heterocycles. The highest BCUT2D eigenvalue weighted by Crippen LogP contribution is 1.95. The van der Waals surface area contributed by atoms with Crippen molar-refractivity contribution < 1.29 is 14.6 Å².